The van der Waals surface area contributed by atoms with Crippen LogP contribution in [0.4, 0.5) is 0 Å². The lowest BCUT2D eigenvalue weighted by molar-refractivity contribution is -0.120. The topological polar surface area (TPSA) is 64.6 Å². The van der Waals surface area contributed by atoms with Crippen molar-refractivity contribution < 1.29 is 19.1 Å². The highest BCUT2D eigenvalue weighted by molar-refractivity contribution is 6.30. The molecule has 1 aromatic rings. The van der Waals surface area contributed by atoms with E-state index in [4.69, 9.17) is 16.3 Å². The van der Waals surface area contributed by atoms with Gasteiger partial charge in [-0.25, -0.2) is 4.79 Å². The van der Waals surface area contributed by atoms with Crippen molar-refractivity contribution >= 4 is 23.5 Å². The van der Waals surface area contributed by atoms with Gasteiger partial charge in [0.1, 0.15) is 17.2 Å². The second kappa shape index (κ2) is 6.13. The number of esters is 1. The molecule has 1 amide bonds. The van der Waals surface area contributed by atoms with Crippen LogP contribution in [0, 0.1) is 0 Å². The number of fused-ring (bicyclic) bond motifs is 1. The summed E-state index contributed by atoms with van der Waals surface area (Å²) in [5.74, 6) is 0.137. The van der Waals surface area contributed by atoms with Crippen LogP contribution >= 0.6 is 11.6 Å². The molecule has 1 N–H and O–H groups in total. The molecule has 108 valence electrons. The molecular weight excluding hydrogens is 282 g/mol. The average molecular weight is 298 g/mol. The number of ether oxygens (including phenoxy) is 2. The van der Waals surface area contributed by atoms with Crippen LogP contribution < -0.4 is 10.1 Å². The van der Waals surface area contributed by atoms with Gasteiger partial charge in [-0.15, -0.1) is 11.6 Å². The lowest BCUT2D eigenvalue weighted by Gasteiger charge is -2.12. The van der Waals surface area contributed by atoms with Crippen LogP contribution in [-0.4, -0.2) is 37.0 Å². The summed E-state index contributed by atoms with van der Waals surface area (Å²) < 4.78 is 10.4. The molecule has 0 bridgehead atoms. The zero-order valence-electron chi connectivity index (χ0n) is 11.3. The number of rotatable bonds is 4. The first-order valence-corrected chi connectivity index (χ1v) is 6.74. The van der Waals surface area contributed by atoms with Crippen molar-refractivity contribution in [3.63, 3.8) is 0 Å². The van der Waals surface area contributed by atoms with Gasteiger partial charge >= 0.3 is 5.97 Å². The van der Waals surface area contributed by atoms with Crippen LogP contribution in [0.5, 0.6) is 5.75 Å². The number of amides is 1. The Labute approximate surface area is 122 Å². The fourth-order valence-electron chi connectivity index (χ4n) is 2.03. The van der Waals surface area contributed by atoms with Crippen molar-refractivity contribution in [3.05, 3.63) is 29.3 Å². The van der Waals surface area contributed by atoms with Crippen LogP contribution in [0.15, 0.2) is 18.2 Å². The van der Waals surface area contributed by atoms with Crippen LogP contribution in [-0.2, 0) is 16.0 Å². The number of benzene rings is 1. The number of nitrogens with one attached hydrogen (secondary N) is 1. The average Bonchev–Trinajstić information content (AvgIpc) is 2.85. The van der Waals surface area contributed by atoms with Gasteiger partial charge in [-0.2, -0.15) is 0 Å². The van der Waals surface area contributed by atoms with Crippen LogP contribution in [0.2, 0.25) is 0 Å². The van der Waals surface area contributed by atoms with Gasteiger partial charge in [0.15, 0.2) is 0 Å². The zero-order valence-corrected chi connectivity index (χ0v) is 12.1. The fraction of sp³-hybridized carbons (Fsp3) is 0.429. The number of methoxy groups -OCH3 is 1. The van der Waals surface area contributed by atoms with Crippen molar-refractivity contribution in [1.82, 2.24) is 5.32 Å². The monoisotopic (exact) mass is 297 g/mol. The van der Waals surface area contributed by atoms with Gasteiger partial charge in [0.2, 0.25) is 5.91 Å². The Morgan fingerprint density at radius 1 is 1.55 bits per heavy atom. The number of alkyl halides is 1. The van der Waals surface area contributed by atoms with Crippen molar-refractivity contribution in [3.8, 4) is 5.75 Å². The first-order valence-electron chi connectivity index (χ1n) is 6.31. The maximum absolute atomic E-state index is 11.5. The Hall–Kier alpha value is -1.75. The summed E-state index contributed by atoms with van der Waals surface area (Å²) in [6.07, 6.45) is 0.495. The zero-order chi connectivity index (χ0) is 14.7. The smallest absolute Gasteiger partial charge is 0.337 e. The first kappa shape index (κ1) is 14.7. The molecule has 0 saturated carbocycles. The molecule has 1 heterocycles. The molecule has 5 nitrogen and oxygen atoms in total. The lowest BCUT2D eigenvalue weighted by atomic mass is 10.1. The third-order valence-corrected chi connectivity index (χ3v) is 3.29. The molecule has 1 aromatic carbocycles. The molecule has 0 unspecified atom stereocenters. The Morgan fingerprint density at radius 3 is 2.95 bits per heavy atom. The summed E-state index contributed by atoms with van der Waals surface area (Å²) in [5.41, 5.74) is 1.43. The van der Waals surface area contributed by atoms with Crippen molar-refractivity contribution in [2.75, 3.05) is 13.7 Å². The van der Waals surface area contributed by atoms with E-state index >= 15 is 0 Å². The van der Waals surface area contributed by atoms with Gasteiger partial charge in [0, 0.05) is 6.42 Å². The van der Waals surface area contributed by atoms with Crippen LogP contribution in [0.1, 0.15) is 22.8 Å². The van der Waals surface area contributed by atoms with Crippen molar-refractivity contribution in [1.29, 1.82) is 0 Å². The maximum atomic E-state index is 11.5. The Bertz CT molecular complexity index is 530. The van der Waals surface area contributed by atoms with Gasteiger partial charge in [0.25, 0.3) is 0 Å². The molecule has 0 aromatic heterocycles. The van der Waals surface area contributed by atoms with E-state index < -0.39 is 5.38 Å². The number of hydrogen-bond acceptors (Lipinski definition) is 4. The number of carbonyl (C=O) groups is 2. The predicted octanol–water partition coefficient (Wildman–Crippen LogP) is 1.52. The summed E-state index contributed by atoms with van der Waals surface area (Å²) in [6.45, 7) is 2.00. The van der Waals surface area contributed by atoms with Gasteiger partial charge in [-0.1, -0.05) is 0 Å². The standard InChI is InChI=1S/C14H16ClNO4/c1-8(15)13(17)16-7-11-6-10-5-9(14(18)19-2)3-4-12(10)20-11/h3-5,8,11H,6-7H2,1-2H3,(H,16,17)/t8-,11-/m1/s1. The van der Waals surface area contributed by atoms with E-state index in [0.29, 0.717) is 18.5 Å². The molecule has 0 spiro atoms. The highest BCUT2D eigenvalue weighted by Crippen LogP contribution is 2.29. The van der Waals surface area contributed by atoms with E-state index in [0.717, 1.165) is 11.3 Å². The quantitative estimate of drug-likeness (QED) is 0.676. The molecule has 0 saturated heterocycles. The third-order valence-electron chi connectivity index (χ3n) is 3.09. The van der Waals surface area contributed by atoms with E-state index in [-0.39, 0.29) is 18.0 Å². The van der Waals surface area contributed by atoms with Crippen molar-refractivity contribution in [2.45, 2.75) is 24.8 Å². The molecule has 6 heteroatoms. The minimum atomic E-state index is -0.565. The minimum absolute atomic E-state index is 0.141. The van der Waals surface area contributed by atoms with E-state index in [1.165, 1.54) is 7.11 Å². The van der Waals surface area contributed by atoms with Gasteiger partial charge in [-0.3, -0.25) is 4.79 Å². The summed E-state index contributed by atoms with van der Waals surface area (Å²) in [6, 6.07) is 5.16. The second-order valence-corrected chi connectivity index (χ2v) is 5.27. The predicted molar refractivity (Wildman–Crippen MR) is 74.2 cm³/mol. The summed E-state index contributed by atoms with van der Waals surface area (Å²) in [7, 11) is 1.34. The highest BCUT2D eigenvalue weighted by Gasteiger charge is 2.25. The number of halogens is 1. The maximum Gasteiger partial charge on any atom is 0.337 e. The van der Waals surface area contributed by atoms with E-state index in [9.17, 15) is 9.59 Å². The van der Waals surface area contributed by atoms with E-state index in [1.807, 2.05) is 0 Å². The lowest BCUT2D eigenvalue weighted by Crippen LogP contribution is -2.37. The van der Waals surface area contributed by atoms with E-state index in [2.05, 4.69) is 10.1 Å². The summed E-state index contributed by atoms with van der Waals surface area (Å²) in [5, 5.41) is 2.15. The number of carbonyl (C=O) groups excluding carboxylic acids is 2. The molecule has 0 radical (unpaired) electrons. The van der Waals surface area contributed by atoms with Crippen molar-refractivity contribution in [2.24, 2.45) is 0 Å². The second-order valence-electron chi connectivity index (χ2n) is 4.62. The molecule has 2 atom stereocenters. The van der Waals surface area contributed by atoms with Gasteiger partial charge in [0.05, 0.1) is 19.2 Å². The van der Waals surface area contributed by atoms with Gasteiger partial charge < -0.3 is 14.8 Å². The van der Waals surface area contributed by atoms with Crippen LogP contribution in [0.3, 0.4) is 0 Å². The molecule has 20 heavy (non-hydrogen) atoms. The third kappa shape index (κ3) is 3.22. The molecule has 1 aliphatic rings. The molecular formula is C14H16ClNO4. The minimum Gasteiger partial charge on any atom is -0.488 e. The van der Waals surface area contributed by atoms with Gasteiger partial charge in [-0.05, 0) is 30.7 Å². The molecule has 1 aliphatic heterocycles. The fourth-order valence-corrected chi connectivity index (χ4v) is 2.11. The summed E-state index contributed by atoms with van der Waals surface area (Å²) in [4.78, 5) is 22.8. The SMILES string of the molecule is COC(=O)c1ccc2c(c1)C[C@H](CNC(=O)[C@@H](C)Cl)O2. The molecule has 0 fully saturated rings. The first-order chi connectivity index (χ1) is 9.51. The molecule has 2 rings (SSSR count). The van der Waals surface area contributed by atoms with E-state index in [1.54, 1.807) is 25.1 Å². The summed E-state index contributed by atoms with van der Waals surface area (Å²) >= 11 is 5.67. The molecule has 0 aliphatic carbocycles. The normalized spacial score (nSPS) is 17.9. The Morgan fingerprint density at radius 2 is 2.30 bits per heavy atom. The highest BCUT2D eigenvalue weighted by atomic mass is 35.5. The Kier molecular flexibility index (Phi) is 4.49. The number of hydrogen-bond donors (Lipinski definition) is 1. The van der Waals surface area contributed by atoms with Crippen LogP contribution in [0.25, 0.3) is 0 Å². The Balaban J connectivity index is 1.97. The largest absolute Gasteiger partial charge is 0.488 e.